The molecule has 2 unspecified atom stereocenters. The predicted molar refractivity (Wildman–Crippen MR) is 78.8 cm³/mol. The van der Waals surface area contributed by atoms with Crippen LogP contribution in [0.3, 0.4) is 0 Å². The second-order valence-electron chi connectivity index (χ2n) is 7.16. The fraction of sp³-hybridized carbons (Fsp3) is 0.647. The van der Waals surface area contributed by atoms with Crippen LogP contribution in [-0.4, -0.2) is 6.54 Å². The van der Waals surface area contributed by atoms with E-state index in [4.69, 9.17) is 0 Å². The Labute approximate surface area is 112 Å². The molecule has 1 aromatic rings. The van der Waals surface area contributed by atoms with Crippen molar-refractivity contribution in [3.8, 4) is 0 Å². The Morgan fingerprint density at radius 3 is 2.33 bits per heavy atom. The van der Waals surface area contributed by atoms with Crippen LogP contribution in [0.25, 0.3) is 0 Å². The molecule has 1 heteroatoms. The standard InChI is InChI=1S/C17H27N/c1-12(2)10-13-11-18-16(17(3,4)5)15-9-7-6-8-14(13)15/h6-9,12-13,16,18H,10-11H2,1-5H3. The van der Waals surface area contributed by atoms with Gasteiger partial charge in [-0.3, -0.25) is 0 Å². The summed E-state index contributed by atoms with van der Waals surface area (Å²) >= 11 is 0. The van der Waals surface area contributed by atoms with Crippen LogP contribution in [0, 0.1) is 11.3 Å². The van der Waals surface area contributed by atoms with E-state index in [2.05, 4.69) is 64.2 Å². The summed E-state index contributed by atoms with van der Waals surface area (Å²) in [4.78, 5) is 0. The Morgan fingerprint density at radius 1 is 1.17 bits per heavy atom. The Hall–Kier alpha value is -0.820. The van der Waals surface area contributed by atoms with Gasteiger partial charge in [0.25, 0.3) is 0 Å². The predicted octanol–water partition coefficient (Wildman–Crippen LogP) is 4.51. The molecule has 0 saturated carbocycles. The highest BCUT2D eigenvalue weighted by atomic mass is 14.9. The van der Waals surface area contributed by atoms with E-state index in [0.29, 0.717) is 12.0 Å². The Balaban J connectivity index is 2.34. The third-order valence-electron chi connectivity index (χ3n) is 3.94. The third-order valence-corrected chi connectivity index (χ3v) is 3.94. The van der Waals surface area contributed by atoms with Crippen molar-refractivity contribution in [2.24, 2.45) is 11.3 Å². The zero-order chi connectivity index (χ0) is 13.3. The molecule has 1 N–H and O–H groups in total. The normalized spacial score (nSPS) is 24.1. The maximum absolute atomic E-state index is 3.77. The Bertz CT molecular complexity index is 400. The van der Waals surface area contributed by atoms with Gasteiger partial charge in [0, 0.05) is 12.6 Å². The van der Waals surface area contributed by atoms with Gasteiger partial charge in [-0.05, 0) is 34.8 Å². The highest BCUT2D eigenvalue weighted by Gasteiger charge is 2.33. The number of rotatable bonds is 2. The van der Waals surface area contributed by atoms with Crippen LogP contribution < -0.4 is 5.32 Å². The number of benzene rings is 1. The van der Waals surface area contributed by atoms with E-state index in [1.807, 2.05) is 0 Å². The molecule has 1 nitrogen and oxygen atoms in total. The smallest absolute Gasteiger partial charge is 0.0372 e. The fourth-order valence-corrected chi connectivity index (χ4v) is 3.18. The van der Waals surface area contributed by atoms with Crippen LogP contribution >= 0.6 is 0 Å². The lowest BCUT2D eigenvalue weighted by Crippen LogP contribution is -2.40. The van der Waals surface area contributed by atoms with E-state index in [9.17, 15) is 0 Å². The summed E-state index contributed by atoms with van der Waals surface area (Å²) in [5.74, 6) is 1.44. The van der Waals surface area contributed by atoms with Crippen LogP contribution in [0.1, 0.15) is 64.1 Å². The minimum absolute atomic E-state index is 0.277. The van der Waals surface area contributed by atoms with Crippen molar-refractivity contribution in [2.75, 3.05) is 6.54 Å². The van der Waals surface area contributed by atoms with E-state index in [1.165, 1.54) is 12.0 Å². The third kappa shape index (κ3) is 2.77. The van der Waals surface area contributed by atoms with Gasteiger partial charge in [-0.15, -0.1) is 0 Å². The van der Waals surface area contributed by atoms with Crippen LogP contribution in [-0.2, 0) is 0 Å². The van der Waals surface area contributed by atoms with E-state index >= 15 is 0 Å². The zero-order valence-electron chi connectivity index (χ0n) is 12.5. The van der Waals surface area contributed by atoms with Gasteiger partial charge >= 0.3 is 0 Å². The summed E-state index contributed by atoms with van der Waals surface area (Å²) in [6.07, 6.45) is 1.28. The second kappa shape index (κ2) is 5.05. The Morgan fingerprint density at radius 2 is 1.78 bits per heavy atom. The molecule has 0 bridgehead atoms. The summed E-state index contributed by atoms with van der Waals surface area (Å²) in [6, 6.07) is 9.50. The summed E-state index contributed by atoms with van der Waals surface area (Å²) < 4.78 is 0. The molecule has 100 valence electrons. The van der Waals surface area contributed by atoms with Crippen molar-refractivity contribution in [2.45, 2.75) is 53.0 Å². The molecule has 2 atom stereocenters. The van der Waals surface area contributed by atoms with Gasteiger partial charge in [-0.25, -0.2) is 0 Å². The maximum Gasteiger partial charge on any atom is 0.0372 e. The lowest BCUT2D eigenvalue weighted by molar-refractivity contribution is 0.248. The molecule has 1 aliphatic heterocycles. The van der Waals surface area contributed by atoms with E-state index in [1.54, 1.807) is 5.56 Å². The molecule has 2 rings (SSSR count). The van der Waals surface area contributed by atoms with Crippen molar-refractivity contribution < 1.29 is 0 Å². The van der Waals surface area contributed by atoms with Crippen LogP contribution in [0.2, 0.25) is 0 Å². The minimum atomic E-state index is 0.277. The Kier molecular flexibility index (Phi) is 3.82. The minimum Gasteiger partial charge on any atom is -0.309 e. The summed E-state index contributed by atoms with van der Waals surface area (Å²) in [5.41, 5.74) is 3.37. The van der Waals surface area contributed by atoms with Crippen molar-refractivity contribution >= 4 is 0 Å². The molecule has 0 aromatic heterocycles. The summed E-state index contributed by atoms with van der Waals surface area (Å²) in [5, 5.41) is 3.77. The number of fused-ring (bicyclic) bond motifs is 1. The monoisotopic (exact) mass is 245 g/mol. The molecular formula is C17H27N. The summed E-state index contributed by atoms with van der Waals surface area (Å²) in [6.45, 7) is 12.7. The van der Waals surface area contributed by atoms with Gasteiger partial charge in [-0.2, -0.15) is 0 Å². The first-order chi connectivity index (χ1) is 8.39. The summed E-state index contributed by atoms with van der Waals surface area (Å²) in [7, 11) is 0. The highest BCUT2D eigenvalue weighted by molar-refractivity contribution is 5.36. The van der Waals surface area contributed by atoms with Crippen molar-refractivity contribution in [3.63, 3.8) is 0 Å². The van der Waals surface area contributed by atoms with Gasteiger partial charge in [0.2, 0.25) is 0 Å². The molecule has 0 fully saturated rings. The average molecular weight is 245 g/mol. The van der Waals surface area contributed by atoms with E-state index in [-0.39, 0.29) is 5.41 Å². The van der Waals surface area contributed by atoms with E-state index in [0.717, 1.165) is 12.5 Å². The number of nitrogens with one attached hydrogen (secondary N) is 1. The van der Waals surface area contributed by atoms with Gasteiger partial charge in [0.05, 0.1) is 0 Å². The molecule has 1 heterocycles. The molecule has 0 radical (unpaired) electrons. The van der Waals surface area contributed by atoms with Crippen LogP contribution in [0.4, 0.5) is 0 Å². The first-order valence-electron chi connectivity index (χ1n) is 7.22. The van der Waals surface area contributed by atoms with Crippen molar-refractivity contribution in [3.05, 3.63) is 35.4 Å². The lowest BCUT2D eigenvalue weighted by Gasteiger charge is -2.40. The largest absolute Gasteiger partial charge is 0.309 e. The van der Waals surface area contributed by atoms with E-state index < -0.39 is 0 Å². The maximum atomic E-state index is 3.77. The average Bonchev–Trinajstić information content (AvgIpc) is 2.27. The van der Waals surface area contributed by atoms with Crippen LogP contribution in [0.5, 0.6) is 0 Å². The molecule has 18 heavy (non-hydrogen) atoms. The van der Waals surface area contributed by atoms with Crippen molar-refractivity contribution in [1.82, 2.24) is 5.32 Å². The molecule has 0 amide bonds. The van der Waals surface area contributed by atoms with Crippen molar-refractivity contribution in [1.29, 1.82) is 0 Å². The molecule has 0 aliphatic carbocycles. The fourth-order valence-electron chi connectivity index (χ4n) is 3.18. The highest BCUT2D eigenvalue weighted by Crippen LogP contribution is 2.41. The van der Waals surface area contributed by atoms with Gasteiger partial charge < -0.3 is 5.32 Å². The number of hydrogen-bond donors (Lipinski definition) is 1. The van der Waals surface area contributed by atoms with Crippen LogP contribution in [0.15, 0.2) is 24.3 Å². The quantitative estimate of drug-likeness (QED) is 0.808. The van der Waals surface area contributed by atoms with Gasteiger partial charge in [0.1, 0.15) is 0 Å². The second-order valence-corrected chi connectivity index (χ2v) is 7.16. The first-order valence-corrected chi connectivity index (χ1v) is 7.22. The lowest BCUT2D eigenvalue weighted by atomic mass is 9.74. The molecule has 1 aliphatic rings. The zero-order valence-corrected chi connectivity index (χ0v) is 12.5. The van der Waals surface area contributed by atoms with Gasteiger partial charge in [0.15, 0.2) is 0 Å². The SMILES string of the molecule is CC(C)CC1CNC(C(C)(C)C)c2ccccc21. The molecule has 0 saturated heterocycles. The molecule has 1 aromatic carbocycles. The van der Waals surface area contributed by atoms with Gasteiger partial charge in [-0.1, -0.05) is 58.9 Å². The first kappa shape index (κ1) is 13.6. The molecule has 0 spiro atoms. The number of hydrogen-bond acceptors (Lipinski definition) is 1. The molecular weight excluding hydrogens is 218 g/mol. The topological polar surface area (TPSA) is 12.0 Å².